The largest absolute Gasteiger partial charge is 0.478 e. The fourth-order valence-electron chi connectivity index (χ4n) is 1.23. The first-order valence-electron chi connectivity index (χ1n) is 5.19. The molecule has 0 saturated carbocycles. The number of anilines is 1. The molecule has 0 bridgehead atoms. The molecule has 0 fully saturated rings. The third-order valence-electron chi connectivity index (χ3n) is 2.63. The van der Waals surface area contributed by atoms with Crippen LogP contribution in [0.1, 0.15) is 30.6 Å². The van der Waals surface area contributed by atoms with Crippen molar-refractivity contribution in [2.75, 3.05) is 11.9 Å². The van der Waals surface area contributed by atoms with Gasteiger partial charge in [0.25, 0.3) is 0 Å². The van der Waals surface area contributed by atoms with Crippen LogP contribution in [0.5, 0.6) is 0 Å². The summed E-state index contributed by atoms with van der Waals surface area (Å²) in [6.07, 6.45) is 1.50. The first kappa shape index (κ1) is 13.4. The molecule has 0 aliphatic heterocycles. The smallest absolute Gasteiger partial charge is 0.339 e. The van der Waals surface area contributed by atoms with Crippen LogP contribution < -0.4 is 5.32 Å². The van der Waals surface area contributed by atoms with Crippen molar-refractivity contribution in [2.45, 2.75) is 25.8 Å². The standard InChI is InChI=1S/C11H15FN2O3/c1-3-11(2,6-15)14-9-8(10(16)17)4-7(12)5-13-9/h4-5,15H,3,6H2,1-2H3,(H,13,14)(H,16,17). The molecular weight excluding hydrogens is 227 g/mol. The predicted octanol–water partition coefficient (Wildman–Crippen LogP) is 1.49. The maximum absolute atomic E-state index is 12.9. The van der Waals surface area contributed by atoms with Crippen molar-refractivity contribution in [3.05, 3.63) is 23.6 Å². The fourth-order valence-corrected chi connectivity index (χ4v) is 1.23. The number of pyridine rings is 1. The molecule has 0 saturated heterocycles. The van der Waals surface area contributed by atoms with Crippen LogP contribution in [0.25, 0.3) is 0 Å². The number of rotatable bonds is 5. The maximum Gasteiger partial charge on any atom is 0.339 e. The van der Waals surface area contributed by atoms with E-state index in [4.69, 9.17) is 5.11 Å². The van der Waals surface area contributed by atoms with Gasteiger partial charge in [-0.05, 0) is 19.4 Å². The van der Waals surface area contributed by atoms with Crippen molar-refractivity contribution < 1.29 is 19.4 Å². The van der Waals surface area contributed by atoms with Gasteiger partial charge in [-0.2, -0.15) is 0 Å². The third-order valence-corrected chi connectivity index (χ3v) is 2.63. The van der Waals surface area contributed by atoms with Gasteiger partial charge < -0.3 is 15.5 Å². The molecular formula is C11H15FN2O3. The van der Waals surface area contributed by atoms with Crippen molar-refractivity contribution >= 4 is 11.8 Å². The third kappa shape index (κ3) is 3.13. The van der Waals surface area contributed by atoms with E-state index in [-0.39, 0.29) is 18.0 Å². The molecule has 0 aliphatic rings. The normalized spacial score (nSPS) is 14.1. The van der Waals surface area contributed by atoms with Gasteiger partial charge in [0.05, 0.1) is 18.3 Å². The predicted molar refractivity (Wildman–Crippen MR) is 60.6 cm³/mol. The molecule has 0 aliphatic carbocycles. The molecule has 1 rings (SSSR count). The Morgan fingerprint density at radius 1 is 1.65 bits per heavy atom. The summed E-state index contributed by atoms with van der Waals surface area (Å²) < 4.78 is 12.9. The Labute approximate surface area is 98.3 Å². The summed E-state index contributed by atoms with van der Waals surface area (Å²) in [6, 6.07) is 0.894. The summed E-state index contributed by atoms with van der Waals surface area (Å²) in [7, 11) is 0. The van der Waals surface area contributed by atoms with Crippen molar-refractivity contribution in [1.82, 2.24) is 4.98 Å². The zero-order valence-electron chi connectivity index (χ0n) is 9.70. The molecule has 5 nitrogen and oxygen atoms in total. The number of nitrogens with one attached hydrogen (secondary N) is 1. The number of aliphatic hydroxyl groups excluding tert-OH is 1. The number of hydrogen-bond donors (Lipinski definition) is 3. The topological polar surface area (TPSA) is 82.5 Å². The van der Waals surface area contributed by atoms with E-state index in [0.29, 0.717) is 6.42 Å². The van der Waals surface area contributed by atoms with Gasteiger partial charge in [-0.25, -0.2) is 14.2 Å². The van der Waals surface area contributed by atoms with Crippen LogP contribution >= 0.6 is 0 Å². The number of carboxylic acid groups (broad SMARTS) is 1. The summed E-state index contributed by atoms with van der Waals surface area (Å²) >= 11 is 0. The molecule has 6 heteroatoms. The van der Waals surface area contributed by atoms with Crippen molar-refractivity contribution in [1.29, 1.82) is 0 Å². The Morgan fingerprint density at radius 2 is 2.29 bits per heavy atom. The molecule has 17 heavy (non-hydrogen) atoms. The number of halogens is 1. The molecule has 0 radical (unpaired) electrons. The lowest BCUT2D eigenvalue weighted by Gasteiger charge is -2.28. The van der Waals surface area contributed by atoms with Gasteiger partial charge in [0.1, 0.15) is 17.2 Å². The Hall–Kier alpha value is -1.69. The van der Waals surface area contributed by atoms with Gasteiger partial charge in [-0.1, -0.05) is 6.92 Å². The van der Waals surface area contributed by atoms with Crippen molar-refractivity contribution in [3.63, 3.8) is 0 Å². The molecule has 1 aromatic rings. The Morgan fingerprint density at radius 3 is 2.76 bits per heavy atom. The number of aromatic carboxylic acids is 1. The lowest BCUT2D eigenvalue weighted by molar-refractivity contribution is 0.0696. The minimum atomic E-state index is -1.27. The number of hydrogen-bond acceptors (Lipinski definition) is 4. The average Bonchev–Trinajstić information content (AvgIpc) is 2.31. The second-order valence-electron chi connectivity index (χ2n) is 4.05. The molecule has 1 heterocycles. The highest BCUT2D eigenvalue weighted by atomic mass is 19.1. The molecule has 0 aromatic carbocycles. The molecule has 1 atom stereocenters. The van der Waals surface area contributed by atoms with Gasteiger partial charge in [0, 0.05) is 0 Å². The van der Waals surface area contributed by atoms with Crippen molar-refractivity contribution in [2.24, 2.45) is 0 Å². The first-order valence-corrected chi connectivity index (χ1v) is 5.19. The lowest BCUT2D eigenvalue weighted by Crippen LogP contribution is -2.38. The van der Waals surface area contributed by atoms with E-state index in [1.807, 2.05) is 6.92 Å². The van der Waals surface area contributed by atoms with Crippen LogP contribution in [0.2, 0.25) is 0 Å². The van der Waals surface area contributed by atoms with Crippen LogP contribution in [0.4, 0.5) is 10.2 Å². The average molecular weight is 242 g/mol. The molecule has 0 spiro atoms. The summed E-state index contributed by atoms with van der Waals surface area (Å²) in [5.41, 5.74) is -0.937. The quantitative estimate of drug-likeness (QED) is 0.728. The first-order chi connectivity index (χ1) is 7.91. The van der Waals surface area contributed by atoms with E-state index in [9.17, 15) is 14.3 Å². The highest BCUT2D eigenvalue weighted by Crippen LogP contribution is 2.20. The van der Waals surface area contributed by atoms with Gasteiger partial charge in [0.2, 0.25) is 0 Å². The fraction of sp³-hybridized carbons (Fsp3) is 0.455. The highest BCUT2D eigenvalue weighted by molar-refractivity contribution is 5.93. The van der Waals surface area contributed by atoms with Gasteiger partial charge in [-0.3, -0.25) is 0 Å². The second-order valence-corrected chi connectivity index (χ2v) is 4.05. The van der Waals surface area contributed by atoms with E-state index >= 15 is 0 Å². The van der Waals surface area contributed by atoms with E-state index in [1.165, 1.54) is 0 Å². The summed E-state index contributed by atoms with van der Waals surface area (Å²) in [4.78, 5) is 14.6. The minimum absolute atomic E-state index is 0.0531. The number of carbonyl (C=O) groups is 1. The highest BCUT2D eigenvalue weighted by Gasteiger charge is 2.24. The number of nitrogens with zero attached hydrogens (tertiary/aromatic N) is 1. The number of carboxylic acids is 1. The van der Waals surface area contributed by atoms with Gasteiger partial charge in [0.15, 0.2) is 0 Å². The number of aliphatic hydroxyl groups is 1. The zero-order chi connectivity index (χ0) is 13.1. The van der Waals surface area contributed by atoms with Crippen LogP contribution in [0.15, 0.2) is 12.3 Å². The molecule has 1 unspecified atom stereocenters. The van der Waals surface area contributed by atoms with Gasteiger partial charge >= 0.3 is 5.97 Å². The van der Waals surface area contributed by atoms with Crippen LogP contribution in [0, 0.1) is 5.82 Å². The lowest BCUT2D eigenvalue weighted by atomic mass is 10.00. The van der Waals surface area contributed by atoms with E-state index in [0.717, 1.165) is 12.3 Å². The van der Waals surface area contributed by atoms with Crippen LogP contribution in [0.3, 0.4) is 0 Å². The summed E-state index contributed by atoms with van der Waals surface area (Å²) in [5.74, 6) is -1.93. The summed E-state index contributed by atoms with van der Waals surface area (Å²) in [5, 5.41) is 21.0. The maximum atomic E-state index is 12.9. The van der Waals surface area contributed by atoms with E-state index in [1.54, 1.807) is 6.92 Å². The minimum Gasteiger partial charge on any atom is -0.478 e. The van der Waals surface area contributed by atoms with E-state index in [2.05, 4.69) is 10.3 Å². The van der Waals surface area contributed by atoms with Crippen LogP contribution in [-0.4, -0.2) is 33.3 Å². The van der Waals surface area contributed by atoms with Crippen LogP contribution in [-0.2, 0) is 0 Å². The SMILES string of the molecule is CCC(C)(CO)Nc1ncc(F)cc1C(=O)O. The van der Waals surface area contributed by atoms with Gasteiger partial charge in [-0.15, -0.1) is 0 Å². The summed E-state index contributed by atoms with van der Waals surface area (Å²) in [6.45, 7) is 3.39. The molecule has 94 valence electrons. The number of aromatic nitrogens is 1. The molecule has 3 N–H and O–H groups in total. The molecule has 1 aromatic heterocycles. The monoisotopic (exact) mass is 242 g/mol. The molecule has 0 amide bonds. The zero-order valence-corrected chi connectivity index (χ0v) is 9.70. The second kappa shape index (κ2) is 5.09. The van der Waals surface area contributed by atoms with E-state index < -0.39 is 17.3 Å². The Kier molecular flexibility index (Phi) is 4.01. The Bertz CT molecular complexity index is 419. The Balaban J connectivity index is 3.10. The van der Waals surface area contributed by atoms with Crippen molar-refractivity contribution in [3.8, 4) is 0 Å².